The molecule has 1 aliphatic heterocycles. The van der Waals surface area contributed by atoms with E-state index in [1.165, 1.54) is 19.3 Å². The number of hydrogen-bond acceptors (Lipinski definition) is 4. The van der Waals surface area contributed by atoms with Gasteiger partial charge in [0.2, 0.25) is 11.8 Å². The second-order valence-electron chi connectivity index (χ2n) is 6.97. The molecule has 0 bridgehead atoms. The van der Waals surface area contributed by atoms with Crippen molar-refractivity contribution in [3.63, 3.8) is 0 Å². The number of hydrogen-bond donors (Lipinski definition) is 2. The van der Waals surface area contributed by atoms with Crippen molar-refractivity contribution in [1.29, 1.82) is 0 Å². The van der Waals surface area contributed by atoms with E-state index in [1.807, 2.05) is 0 Å². The molecular weight excluding hydrogens is 294 g/mol. The second-order valence-corrected chi connectivity index (χ2v) is 6.97. The zero-order valence-corrected chi connectivity index (χ0v) is 14.3. The van der Waals surface area contributed by atoms with Crippen LogP contribution in [0.3, 0.4) is 0 Å². The van der Waals surface area contributed by atoms with Crippen LogP contribution in [0.4, 0.5) is 0 Å². The summed E-state index contributed by atoms with van der Waals surface area (Å²) >= 11 is 0. The fourth-order valence-corrected chi connectivity index (χ4v) is 3.57. The maximum atomic E-state index is 11.9. The molecule has 0 unspecified atom stereocenters. The number of amides is 2. The lowest BCUT2D eigenvalue weighted by Gasteiger charge is -2.30. The predicted molar refractivity (Wildman–Crippen MR) is 88.7 cm³/mol. The molecule has 3 N–H and O–H groups in total. The molecule has 2 fully saturated rings. The van der Waals surface area contributed by atoms with E-state index in [0.717, 1.165) is 32.4 Å². The molecule has 0 aromatic heterocycles. The van der Waals surface area contributed by atoms with Crippen LogP contribution < -0.4 is 11.1 Å². The second kappa shape index (κ2) is 9.23. The van der Waals surface area contributed by atoms with Gasteiger partial charge in [0.1, 0.15) is 0 Å². The molecule has 0 aromatic carbocycles. The van der Waals surface area contributed by atoms with E-state index in [-0.39, 0.29) is 17.7 Å². The van der Waals surface area contributed by atoms with Crippen LogP contribution in [0.25, 0.3) is 0 Å². The van der Waals surface area contributed by atoms with Gasteiger partial charge in [-0.05, 0) is 44.7 Å². The average molecular weight is 325 g/mol. The van der Waals surface area contributed by atoms with Gasteiger partial charge in [0.15, 0.2) is 0 Å². The Bertz CT molecular complexity index is 395. The summed E-state index contributed by atoms with van der Waals surface area (Å²) in [6, 6.07) is 0. The van der Waals surface area contributed by atoms with E-state index >= 15 is 0 Å². The van der Waals surface area contributed by atoms with Crippen LogP contribution >= 0.6 is 0 Å². The van der Waals surface area contributed by atoms with E-state index in [1.54, 1.807) is 0 Å². The average Bonchev–Trinajstić information content (AvgIpc) is 2.53. The Kier molecular flexibility index (Phi) is 7.30. The number of rotatable bonds is 7. The van der Waals surface area contributed by atoms with Crippen LogP contribution in [0.2, 0.25) is 0 Å². The minimum Gasteiger partial charge on any atom is -0.376 e. The highest BCUT2D eigenvalue weighted by molar-refractivity contribution is 5.78. The monoisotopic (exact) mass is 325 g/mol. The Labute approximate surface area is 139 Å². The van der Waals surface area contributed by atoms with Crippen molar-refractivity contribution in [3.05, 3.63) is 0 Å². The smallest absolute Gasteiger partial charge is 0.234 e. The van der Waals surface area contributed by atoms with Gasteiger partial charge in [-0.1, -0.05) is 19.8 Å². The Hall–Kier alpha value is -1.14. The van der Waals surface area contributed by atoms with Gasteiger partial charge in [-0.15, -0.1) is 0 Å². The number of carbonyl (C=O) groups is 2. The minimum atomic E-state index is -0.219. The van der Waals surface area contributed by atoms with Gasteiger partial charge in [0.05, 0.1) is 19.3 Å². The van der Waals surface area contributed by atoms with Crippen molar-refractivity contribution in [2.75, 3.05) is 32.8 Å². The molecule has 2 atom stereocenters. The number of primary amides is 1. The molecule has 2 rings (SSSR count). The topological polar surface area (TPSA) is 84.7 Å². The quantitative estimate of drug-likeness (QED) is 0.681. The molecule has 0 spiro atoms. The van der Waals surface area contributed by atoms with Gasteiger partial charge in [0, 0.05) is 12.5 Å². The van der Waals surface area contributed by atoms with Gasteiger partial charge in [-0.3, -0.25) is 14.5 Å². The standard InChI is InChI=1S/C17H31N3O3/c1-13-4-2-3-5-15(13)23-11-8-19-16(21)12-20-9-6-14(7-10-20)17(18)22/h13-15H,2-12H2,1H3,(H2,18,22)(H,19,21)/t13-,15+/m0/s1. The van der Waals surface area contributed by atoms with Gasteiger partial charge in [0.25, 0.3) is 0 Å². The summed E-state index contributed by atoms with van der Waals surface area (Å²) in [5, 5.41) is 2.92. The Balaban J connectivity index is 1.54. The molecule has 1 saturated carbocycles. The molecule has 6 nitrogen and oxygen atoms in total. The number of likely N-dealkylation sites (tertiary alicyclic amines) is 1. The van der Waals surface area contributed by atoms with Crippen molar-refractivity contribution in [1.82, 2.24) is 10.2 Å². The number of nitrogens with one attached hydrogen (secondary N) is 1. The summed E-state index contributed by atoms with van der Waals surface area (Å²) < 4.78 is 5.90. The van der Waals surface area contributed by atoms with Crippen molar-refractivity contribution >= 4 is 11.8 Å². The summed E-state index contributed by atoms with van der Waals surface area (Å²) in [4.78, 5) is 25.1. The van der Waals surface area contributed by atoms with Crippen molar-refractivity contribution in [3.8, 4) is 0 Å². The molecule has 0 radical (unpaired) electrons. The van der Waals surface area contributed by atoms with Crippen molar-refractivity contribution in [2.24, 2.45) is 17.6 Å². The van der Waals surface area contributed by atoms with Gasteiger partial charge in [-0.25, -0.2) is 0 Å². The lowest BCUT2D eigenvalue weighted by atomic mass is 9.88. The summed E-state index contributed by atoms with van der Waals surface area (Å²) in [7, 11) is 0. The zero-order chi connectivity index (χ0) is 16.7. The number of ether oxygens (including phenoxy) is 1. The number of piperidine rings is 1. The normalized spacial score (nSPS) is 26.8. The molecular formula is C17H31N3O3. The van der Waals surface area contributed by atoms with E-state index in [9.17, 15) is 9.59 Å². The number of nitrogens with two attached hydrogens (primary N) is 1. The zero-order valence-electron chi connectivity index (χ0n) is 14.3. The fraction of sp³-hybridized carbons (Fsp3) is 0.882. The third kappa shape index (κ3) is 6.11. The van der Waals surface area contributed by atoms with Crippen LogP contribution in [0.15, 0.2) is 0 Å². The lowest BCUT2D eigenvalue weighted by molar-refractivity contribution is -0.124. The van der Waals surface area contributed by atoms with Crippen LogP contribution in [0.5, 0.6) is 0 Å². The maximum Gasteiger partial charge on any atom is 0.234 e. The first-order valence-corrected chi connectivity index (χ1v) is 8.96. The number of carbonyl (C=O) groups excluding carboxylic acids is 2. The van der Waals surface area contributed by atoms with E-state index in [0.29, 0.717) is 31.7 Å². The summed E-state index contributed by atoms with van der Waals surface area (Å²) in [6.07, 6.45) is 6.82. The van der Waals surface area contributed by atoms with Gasteiger partial charge < -0.3 is 15.8 Å². The third-order valence-electron chi connectivity index (χ3n) is 5.15. The first kappa shape index (κ1) is 18.2. The molecule has 2 amide bonds. The highest BCUT2D eigenvalue weighted by atomic mass is 16.5. The summed E-state index contributed by atoms with van der Waals surface area (Å²) in [5.74, 6) is 0.414. The predicted octanol–water partition coefficient (Wildman–Crippen LogP) is 0.895. The molecule has 6 heteroatoms. The van der Waals surface area contributed by atoms with E-state index < -0.39 is 0 Å². The van der Waals surface area contributed by atoms with Crippen LogP contribution in [0, 0.1) is 11.8 Å². The van der Waals surface area contributed by atoms with Crippen molar-refractivity contribution in [2.45, 2.75) is 51.6 Å². The first-order chi connectivity index (χ1) is 11.1. The maximum absolute atomic E-state index is 11.9. The molecule has 0 aromatic rings. The molecule has 1 saturated heterocycles. The summed E-state index contributed by atoms with van der Waals surface area (Å²) in [5.41, 5.74) is 5.32. The van der Waals surface area contributed by atoms with Crippen molar-refractivity contribution < 1.29 is 14.3 Å². The number of nitrogens with zero attached hydrogens (tertiary/aromatic N) is 1. The van der Waals surface area contributed by atoms with E-state index in [2.05, 4.69) is 17.1 Å². The SMILES string of the molecule is C[C@H]1CCCC[C@H]1OCCNC(=O)CN1CCC(C(N)=O)CC1. The highest BCUT2D eigenvalue weighted by Crippen LogP contribution is 2.25. The minimum absolute atomic E-state index is 0.0276. The van der Waals surface area contributed by atoms with Crippen LogP contribution in [-0.4, -0.2) is 55.6 Å². The van der Waals surface area contributed by atoms with Crippen LogP contribution in [0.1, 0.15) is 45.4 Å². The first-order valence-electron chi connectivity index (χ1n) is 8.96. The molecule has 23 heavy (non-hydrogen) atoms. The molecule has 2 aliphatic rings. The largest absolute Gasteiger partial charge is 0.376 e. The summed E-state index contributed by atoms with van der Waals surface area (Å²) in [6.45, 7) is 5.32. The Morgan fingerprint density at radius 3 is 2.52 bits per heavy atom. The Morgan fingerprint density at radius 1 is 1.17 bits per heavy atom. The van der Waals surface area contributed by atoms with Gasteiger partial charge in [-0.2, -0.15) is 0 Å². The van der Waals surface area contributed by atoms with Gasteiger partial charge >= 0.3 is 0 Å². The Morgan fingerprint density at radius 2 is 1.87 bits per heavy atom. The lowest BCUT2D eigenvalue weighted by Crippen LogP contribution is -2.44. The molecule has 132 valence electrons. The molecule has 1 heterocycles. The highest BCUT2D eigenvalue weighted by Gasteiger charge is 2.24. The molecule has 1 aliphatic carbocycles. The third-order valence-corrected chi connectivity index (χ3v) is 5.15. The van der Waals surface area contributed by atoms with Crippen LogP contribution in [-0.2, 0) is 14.3 Å². The fourth-order valence-electron chi connectivity index (χ4n) is 3.57. The van der Waals surface area contributed by atoms with E-state index in [4.69, 9.17) is 10.5 Å².